The van der Waals surface area contributed by atoms with E-state index < -0.39 is 30.2 Å². The number of imide groups is 1. The molecule has 2 aromatic rings. The zero-order valence-electron chi connectivity index (χ0n) is 19.1. The molecule has 0 aromatic heterocycles. The molecule has 2 aromatic carbocycles. The molecule has 7 nitrogen and oxygen atoms in total. The number of rotatable bonds is 5. The van der Waals surface area contributed by atoms with Crippen molar-refractivity contribution in [2.75, 3.05) is 16.8 Å². The fraction of sp³-hybridized carbons (Fsp3) is 0.360. The van der Waals surface area contributed by atoms with Gasteiger partial charge in [0, 0.05) is 0 Å². The molecule has 1 aliphatic carbocycles. The van der Waals surface area contributed by atoms with Crippen LogP contribution in [0.25, 0.3) is 0 Å². The van der Waals surface area contributed by atoms with Crippen molar-refractivity contribution in [2.24, 2.45) is 17.8 Å². The summed E-state index contributed by atoms with van der Waals surface area (Å²) < 4.78 is 43.7. The Morgan fingerprint density at radius 2 is 1.81 bits per heavy atom. The lowest BCUT2D eigenvalue weighted by Gasteiger charge is -2.25. The van der Waals surface area contributed by atoms with E-state index in [0.29, 0.717) is 24.8 Å². The second kappa shape index (κ2) is 9.93. The maximum absolute atomic E-state index is 12.9. The number of hydrogen-bond acceptors (Lipinski definition) is 5. The van der Waals surface area contributed by atoms with E-state index in [9.17, 15) is 32.3 Å². The highest BCUT2D eigenvalue weighted by Gasteiger charge is 2.50. The number of anilines is 2. The summed E-state index contributed by atoms with van der Waals surface area (Å²) in [5, 5.41) is 2.06. The van der Waals surface area contributed by atoms with E-state index in [2.05, 4.69) is 5.32 Å². The van der Waals surface area contributed by atoms with Crippen LogP contribution in [0.15, 0.2) is 42.5 Å². The number of carbonyl (C=O) groups excluding carboxylic acids is 4. The third-order valence-electron chi connectivity index (χ3n) is 6.43. The topological polar surface area (TPSA) is 92.8 Å². The SMILES string of the molecule is C[C@@H]1CC[C@@H]2C(=O)N(c3cccc(C(=O)OCC(=O)Nc4cc(C(F)(F)F)ccc4Cl)c3)C(=O)[C@@H]2C1. The number of alkyl halides is 3. The van der Waals surface area contributed by atoms with E-state index in [4.69, 9.17) is 16.3 Å². The van der Waals surface area contributed by atoms with E-state index in [1.54, 1.807) is 0 Å². The largest absolute Gasteiger partial charge is 0.452 e. The van der Waals surface area contributed by atoms with Crippen molar-refractivity contribution < 1.29 is 37.1 Å². The monoisotopic (exact) mass is 522 g/mol. The standard InChI is InChI=1S/C25H22ClF3N2O5/c1-13-5-7-17-18(9-13)23(34)31(22(17)33)16-4-2-3-14(10-16)24(35)36-12-21(32)30-20-11-15(25(27,28)29)6-8-19(20)26/h2-4,6,8,10-11,13,17-18H,5,7,9,12H2,1H3,(H,30,32)/t13-,17+,18-/m1/s1. The van der Waals surface area contributed by atoms with Crippen LogP contribution in [-0.2, 0) is 25.3 Å². The Bertz CT molecular complexity index is 1230. The molecule has 11 heteroatoms. The molecule has 2 fully saturated rings. The summed E-state index contributed by atoms with van der Waals surface area (Å²) in [7, 11) is 0. The molecule has 190 valence electrons. The van der Waals surface area contributed by atoms with E-state index in [-0.39, 0.29) is 45.6 Å². The zero-order chi connectivity index (χ0) is 26.2. The molecule has 1 saturated heterocycles. The number of nitrogens with one attached hydrogen (secondary N) is 1. The second-order valence-electron chi connectivity index (χ2n) is 9.01. The third-order valence-corrected chi connectivity index (χ3v) is 6.76. The Hall–Kier alpha value is -3.40. The van der Waals surface area contributed by atoms with Gasteiger partial charge in [0.05, 0.1) is 39.4 Å². The van der Waals surface area contributed by atoms with Crippen molar-refractivity contribution in [1.82, 2.24) is 0 Å². The molecule has 1 saturated carbocycles. The Kier molecular flexibility index (Phi) is 7.08. The van der Waals surface area contributed by atoms with Crippen LogP contribution in [0.3, 0.4) is 0 Å². The first-order valence-electron chi connectivity index (χ1n) is 11.3. The first-order valence-corrected chi connectivity index (χ1v) is 11.6. The summed E-state index contributed by atoms with van der Waals surface area (Å²) in [6.07, 6.45) is -2.48. The molecule has 0 unspecified atom stereocenters. The van der Waals surface area contributed by atoms with Gasteiger partial charge in [0.2, 0.25) is 11.8 Å². The molecule has 0 radical (unpaired) electrons. The Morgan fingerprint density at radius 3 is 2.53 bits per heavy atom. The summed E-state index contributed by atoms with van der Waals surface area (Å²) in [4.78, 5) is 51.6. The molecule has 1 aliphatic heterocycles. The van der Waals surface area contributed by atoms with Crippen molar-refractivity contribution in [3.05, 3.63) is 58.6 Å². The van der Waals surface area contributed by atoms with Crippen molar-refractivity contribution in [1.29, 1.82) is 0 Å². The van der Waals surface area contributed by atoms with Crippen molar-refractivity contribution in [3.8, 4) is 0 Å². The van der Waals surface area contributed by atoms with Gasteiger partial charge in [-0.25, -0.2) is 4.79 Å². The number of ether oxygens (including phenoxy) is 1. The summed E-state index contributed by atoms with van der Waals surface area (Å²) >= 11 is 5.86. The molecule has 3 amide bonds. The van der Waals surface area contributed by atoms with E-state index in [0.717, 1.165) is 23.5 Å². The minimum atomic E-state index is -4.63. The van der Waals surface area contributed by atoms with E-state index in [1.165, 1.54) is 24.3 Å². The van der Waals surface area contributed by atoms with Crippen LogP contribution in [-0.4, -0.2) is 30.3 Å². The van der Waals surface area contributed by atoms with Gasteiger partial charge in [0.1, 0.15) is 0 Å². The average molecular weight is 523 g/mol. The fourth-order valence-corrected chi connectivity index (χ4v) is 4.78. The normalized spacial score (nSPS) is 21.8. The van der Waals surface area contributed by atoms with Gasteiger partial charge in [-0.2, -0.15) is 13.2 Å². The van der Waals surface area contributed by atoms with E-state index in [1.807, 2.05) is 6.92 Å². The van der Waals surface area contributed by atoms with E-state index >= 15 is 0 Å². The Morgan fingerprint density at radius 1 is 1.08 bits per heavy atom. The van der Waals surface area contributed by atoms with Gasteiger partial charge in [0.15, 0.2) is 6.61 Å². The van der Waals surface area contributed by atoms with Crippen molar-refractivity contribution in [3.63, 3.8) is 0 Å². The first-order chi connectivity index (χ1) is 17.0. The number of halogens is 4. The highest BCUT2D eigenvalue weighted by atomic mass is 35.5. The predicted molar refractivity (Wildman–Crippen MR) is 124 cm³/mol. The zero-order valence-corrected chi connectivity index (χ0v) is 19.9. The van der Waals surface area contributed by atoms with Crippen LogP contribution in [0.1, 0.15) is 42.1 Å². The van der Waals surface area contributed by atoms with Crippen LogP contribution in [0, 0.1) is 17.8 Å². The smallest absolute Gasteiger partial charge is 0.416 e. The quantitative estimate of drug-likeness (QED) is 0.437. The molecular formula is C25H22ClF3N2O5. The first kappa shape index (κ1) is 25.7. The Labute approximate surface area is 209 Å². The average Bonchev–Trinajstić information content (AvgIpc) is 3.07. The van der Waals surface area contributed by atoms with Gasteiger partial charge in [-0.15, -0.1) is 0 Å². The van der Waals surface area contributed by atoms with Crippen LogP contribution in [0.5, 0.6) is 0 Å². The number of nitrogens with zero attached hydrogens (tertiary/aromatic N) is 1. The minimum Gasteiger partial charge on any atom is -0.452 e. The van der Waals surface area contributed by atoms with Gasteiger partial charge in [-0.1, -0.05) is 24.6 Å². The number of amides is 3. The van der Waals surface area contributed by atoms with Crippen LogP contribution in [0.2, 0.25) is 5.02 Å². The van der Waals surface area contributed by atoms with Crippen LogP contribution >= 0.6 is 11.6 Å². The maximum Gasteiger partial charge on any atom is 0.416 e. The lowest BCUT2D eigenvalue weighted by molar-refractivity contribution is -0.137. The lowest BCUT2D eigenvalue weighted by atomic mass is 9.76. The summed E-state index contributed by atoms with van der Waals surface area (Å²) in [6, 6.07) is 8.20. The summed E-state index contributed by atoms with van der Waals surface area (Å²) in [5.41, 5.74) is -1.05. The van der Waals surface area contributed by atoms with Gasteiger partial charge in [-0.3, -0.25) is 19.3 Å². The van der Waals surface area contributed by atoms with Gasteiger partial charge in [-0.05, 0) is 61.6 Å². The number of benzene rings is 2. The molecule has 36 heavy (non-hydrogen) atoms. The van der Waals surface area contributed by atoms with Gasteiger partial charge >= 0.3 is 12.1 Å². The molecule has 0 spiro atoms. The third kappa shape index (κ3) is 5.23. The number of esters is 1. The summed E-state index contributed by atoms with van der Waals surface area (Å²) in [6.45, 7) is 1.25. The highest BCUT2D eigenvalue weighted by Crippen LogP contribution is 2.42. The van der Waals surface area contributed by atoms with Crippen LogP contribution < -0.4 is 10.2 Å². The van der Waals surface area contributed by atoms with Gasteiger partial charge < -0.3 is 10.1 Å². The van der Waals surface area contributed by atoms with Gasteiger partial charge in [0.25, 0.3) is 5.91 Å². The number of carbonyl (C=O) groups is 4. The van der Waals surface area contributed by atoms with Crippen molar-refractivity contribution >= 4 is 46.7 Å². The lowest BCUT2D eigenvalue weighted by Crippen LogP contribution is -2.31. The predicted octanol–water partition coefficient (Wildman–Crippen LogP) is 5.08. The fourth-order valence-electron chi connectivity index (χ4n) is 4.61. The summed E-state index contributed by atoms with van der Waals surface area (Å²) in [5.74, 6) is -2.78. The molecule has 4 rings (SSSR count). The van der Waals surface area contributed by atoms with Crippen LogP contribution in [0.4, 0.5) is 24.5 Å². The molecule has 2 aliphatic rings. The number of hydrogen-bond donors (Lipinski definition) is 1. The molecule has 1 heterocycles. The molecule has 0 bridgehead atoms. The highest BCUT2D eigenvalue weighted by molar-refractivity contribution is 6.33. The second-order valence-corrected chi connectivity index (χ2v) is 9.42. The molecule has 3 atom stereocenters. The molecular weight excluding hydrogens is 501 g/mol. The number of fused-ring (bicyclic) bond motifs is 1. The molecule has 1 N–H and O–H groups in total. The maximum atomic E-state index is 12.9. The van der Waals surface area contributed by atoms with Crippen molar-refractivity contribution in [2.45, 2.75) is 32.4 Å². The Balaban J connectivity index is 1.41. The minimum absolute atomic E-state index is 0.00115.